The largest absolute Gasteiger partial charge is 0.339 e. The van der Waals surface area contributed by atoms with Gasteiger partial charge >= 0.3 is 0 Å². The van der Waals surface area contributed by atoms with E-state index in [1.54, 1.807) is 0 Å². The molecule has 17 heavy (non-hydrogen) atoms. The van der Waals surface area contributed by atoms with Crippen LogP contribution < -0.4 is 5.32 Å². The molecule has 1 saturated carbocycles. The Hall–Kier alpha value is -0.280. The number of amides is 1. The van der Waals surface area contributed by atoms with E-state index in [9.17, 15) is 4.79 Å². The topological polar surface area (TPSA) is 32.3 Å². The molecule has 0 bridgehead atoms. The van der Waals surface area contributed by atoms with Crippen LogP contribution in [0.15, 0.2) is 0 Å². The van der Waals surface area contributed by atoms with Crippen molar-refractivity contribution in [3.05, 3.63) is 0 Å². The van der Waals surface area contributed by atoms with Crippen molar-refractivity contribution in [2.75, 3.05) is 13.1 Å². The third-order valence-electron chi connectivity index (χ3n) is 4.00. The zero-order chi connectivity index (χ0) is 11.4. The lowest BCUT2D eigenvalue weighted by Gasteiger charge is -2.35. The Labute approximate surface area is 111 Å². The molecule has 1 amide bonds. The summed E-state index contributed by atoms with van der Waals surface area (Å²) in [7, 11) is 0. The minimum atomic E-state index is 0. The number of likely N-dealkylation sites (N-methyl/N-ethyl adjacent to an activating group) is 1. The van der Waals surface area contributed by atoms with Gasteiger partial charge < -0.3 is 10.2 Å². The molecule has 0 radical (unpaired) electrons. The van der Waals surface area contributed by atoms with Gasteiger partial charge in [-0.25, -0.2) is 0 Å². The molecule has 100 valence electrons. The van der Waals surface area contributed by atoms with Crippen LogP contribution in [0, 0.1) is 0 Å². The minimum absolute atomic E-state index is 0. The SMILES string of the molecule is CCN(C(=O)C1CCCN1)C1CCCCC1.Cl. The summed E-state index contributed by atoms with van der Waals surface area (Å²) in [6.07, 6.45) is 8.56. The smallest absolute Gasteiger partial charge is 0.239 e. The number of rotatable bonds is 3. The highest BCUT2D eigenvalue weighted by Crippen LogP contribution is 2.23. The summed E-state index contributed by atoms with van der Waals surface area (Å²) < 4.78 is 0. The first-order valence-corrected chi connectivity index (χ1v) is 6.86. The number of nitrogens with one attached hydrogen (secondary N) is 1. The summed E-state index contributed by atoms with van der Waals surface area (Å²) >= 11 is 0. The maximum atomic E-state index is 12.3. The lowest BCUT2D eigenvalue weighted by molar-refractivity contribution is -0.135. The first-order chi connectivity index (χ1) is 7.83. The molecule has 0 aromatic rings. The number of carbonyl (C=O) groups excluding carboxylic acids is 1. The van der Waals surface area contributed by atoms with E-state index in [0.717, 1.165) is 25.9 Å². The molecular weight excluding hydrogens is 236 g/mol. The molecule has 0 aromatic heterocycles. The van der Waals surface area contributed by atoms with E-state index in [-0.39, 0.29) is 18.4 Å². The van der Waals surface area contributed by atoms with Crippen LogP contribution >= 0.6 is 12.4 Å². The fourth-order valence-corrected chi connectivity index (χ4v) is 3.08. The Balaban J connectivity index is 0.00000144. The number of hydrogen-bond acceptors (Lipinski definition) is 2. The molecular formula is C13H25ClN2O. The summed E-state index contributed by atoms with van der Waals surface area (Å²) in [6, 6.07) is 0.635. The van der Waals surface area contributed by atoms with E-state index < -0.39 is 0 Å². The van der Waals surface area contributed by atoms with Gasteiger partial charge in [0.25, 0.3) is 0 Å². The lowest BCUT2D eigenvalue weighted by atomic mass is 9.93. The van der Waals surface area contributed by atoms with Crippen LogP contribution in [0.4, 0.5) is 0 Å². The van der Waals surface area contributed by atoms with Crippen LogP contribution in [0.2, 0.25) is 0 Å². The van der Waals surface area contributed by atoms with Gasteiger partial charge in [-0.1, -0.05) is 19.3 Å². The fourth-order valence-electron chi connectivity index (χ4n) is 3.08. The van der Waals surface area contributed by atoms with E-state index >= 15 is 0 Å². The maximum Gasteiger partial charge on any atom is 0.239 e. The van der Waals surface area contributed by atoms with Crippen LogP contribution in [0.1, 0.15) is 51.9 Å². The van der Waals surface area contributed by atoms with Gasteiger partial charge in [0.05, 0.1) is 6.04 Å². The molecule has 3 nitrogen and oxygen atoms in total. The van der Waals surface area contributed by atoms with Crippen molar-refractivity contribution in [2.24, 2.45) is 0 Å². The average Bonchev–Trinajstić information content (AvgIpc) is 2.85. The van der Waals surface area contributed by atoms with E-state index in [2.05, 4.69) is 17.1 Å². The maximum absolute atomic E-state index is 12.3. The average molecular weight is 261 g/mol. The number of nitrogens with zero attached hydrogens (tertiary/aromatic N) is 1. The molecule has 1 aliphatic heterocycles. The van der Waals surface area contributed by atoms with Crippen molar-refractivity contribution in [1.29, 1.82) is 0 Å². The lowest BCUT2D eigenvalue weighted by Crippen LogP contribution is -2.48. The Kier molecular flexibility index (Phi) is 6.28. The van der Waals surface area contributed by atoms with Gasteiger partial charge in [-0.15, -0.1) is 12.4 Å². The summed E-state index contributed by atoms with van der Waals surface area (Å²) in [4.78, 5) is 14.5. The van der Waals surface area contributed by atoms with Crippen molar-refractivity contribution in [3.63, 3.8) is 0 Å². The second kappa shape index (κ2) is 7.22. The molecule has 1 saturated heterocycles. The summed E-state index contributed by atoms with van der Waals surface area (Å²) in [6.45, 7) is 4.00. The Morgan fingerprint density at radius 2 is 1.88 bits per heavy atom. The number of halogens is 1. The zero-order valence-electron chi connectivity index (χ0n) is 10.8. The van der Waals surface area contributed by atoms with Crippen molar-refractivity contribution < 1.29 is 4.79 Å². The van der Waals surface area contributed by atoms with Crippen LogP contribution in [0.3, 0.4) is 0 Å². The zero-order valence-corrected chi connectivity index (χ0v) is 11.6. The molecule has 2 rings (SSSR count). The molecule has 1 unspecified atom stereocenters. The van der Waals surface area contributed by atoms with Crippen LogP contribution in [-0.4, -0.2) is 36.0 Å². The number of carbonyl (C=O) groups is 1. The first kappa shape index (κ1) is 14.8. The predicted molar refractivity (Wildman–Crippen MR) is 72.5 cm³/mol. The highest BCUT2D eigenvalue weighted by Gasteiger charge is 2.30. The van der Waals surface area contributed by atoms with Gasteiger partial charge in [0.15, 0.2) is 0 Å². The van der Waals surface area contributed by atoms with E-state index in [0.29, 0.717) is 11.9 Å². The fraction of sp³-hybridized carbons (Fsp3) is 0.923. The Morgan fingerprint density at radius 1 is 1.18 bits per heavy atom. The standard InChI is InChI=1S/C13H24N2O.ClH/c1-2-15(11-7-4-3-5-8-11)13(16)12-9-6-10-14-12;/h11-12,14H,2-10H2,1H3;1H. The first-order valence-electron chi connectivity index (χ1n) is 6.86. The molecule has 1 aliphatic carbocycles. The molecule has 0 spiro atoms. The molecule has 4 heteroatoms. The van der Waals surface area contributed by atoms with Crippen LogP contribution in [-0.2, 0) is 4.79 Å². The van der Waals surface area contributed by atoms with Crippen LogP contribution in [0.25, 0.3) is 0 Å². The highest BCUT2D eigenvalue weighted by molar-refractivity contribution is 5.85. The second-order valence-corrected chi connectivity index (χ2v) is 5.07. The minimum Gasteiger partial charge on any atom is -0.339 e. The molecule has 2 aliphatic rings. The summed E-state index contributed by atoms with van der Waals surface area (Å²) in [5.74, 6) is 0.354. The quantitative estimate of drug-likeness (QED) is 0.845. The Morgan fingerprint density at radius 3 is 2.41 bits per heavy atom. The van der Waals surface area contributed by atoms with Crippen molar-refractivity contribution in [2.45, 2.75) is 64.0 Å². The monoisotopic (exact) mass is 260 g/mol. The van der Waals surface area contributed by atoms with E-state index in [1.807, 2.05) is 0 Å². The summed E-state index contributed by atoms with van der Waals surface area (Å²) in [5, 5.41) is 3.32. The van der Waals surface area contributed by atoms with E-state index in [1.165, 1.54) is 32.1 Å². The van der Waals surface area contributed by atoms with Gasteiger partial charge in [-0.3, -0.25) is 4.79 Å². The van der Waals surface area contributed by atoms with Gasteiger partial charge in [-0.05, 0) is 39.2 Å². The Bertz CT molecular complexity index is 236. The van der Waals surface area contributed by atoms with Crippen molar-refractivity contribution >= 4 is 18.3 Å². The van der Waals surface area contributed by atoms with Gasteiger partial charge in [0.2, 0.25) is 5.91 Å². The third-order valence-corrected chi connectivity index (χ3v) is 4.00. The van der Waals surface area contributed by atoms with E-state index in [4.69, 9.17) is 0 Å². The molecule has 1 N–H and O–H groups in total. The number of hydrogen-bond donors (Lipinski definition) is 1. The highest BCUT2D eigenvalue weighted by atomic mass is 35.5. The second-order valence-electron chi connectivity index (χ2n) is 5.07. The predicted octanol–water partition coefficient (Wildman–Crippen LogP) is 2.34. The molecule has 1 heterocycles. The van der Waals surface area contributed by atoms with Crippen LogP contribution in [0.5, 0.6) is 0 Å². The third kappa shape index (κ3) is 3.59. The van der Waals surface area contributed by atoms with Gasteiger partial charge in [0.1, 0.15) is 0 Å². The van der Waals surface area contributed by atoms with Crippen molar-refractivity contribution in [1.82, 2.24) is 10.2 Å². The summed E-state index contributed by atoms with van der Waals surface area (Å²) in [5.41, 5.74) is 0. The molecule has 2 fully saturated rings. The van der Waals surface area contributed by atoms with Gasteiger partial charge in [-0.2, -0.15) is 0 Å². The molecule has 0 aromatic carbocycles. The normalized spacial score (nSPS) is 25.4. The van der Waals surface area contributed by atoms with Crippen molar-refractivity contribution in [3.8, 4) is 0 Å². The van der Waals surface area contributed by atoms with Gasteiger partial charge in [0, 0.05) is 12.6 Å². The molecule has 1 atom stereocenters.